The van der Waals surface area contributed by atoms with Crippen LogP contribution in [-0.2, 0) is 6.42 Å². The highest BCUT2D eigenvalue weighted by Crippen LogP contribution is 2.09. The molecule has 2 heterocycles. The van der Waals surface area contributed by atoms with Gasteiger partial charge in [0.15, 0.2) is 5.65 Å². The molecule has 4 nitrogen and oxygen atoms in total. The second-order valence-corrected chi connectivity index (χ2v) is 4.21. The van der Waals surface area contributed by atoms with E-state index in [0.29, 0.717) is 0 Å². The lowest BCUT2D eigenvalue weighted by atomic mass is 10.0. The van der Waals surface area contributed by atoms with Gasteiger partial charge in [-0.3, -0.25) is 4.40 Å². The molecule has 0 saturated heterocycles. The third kappa shape index (κ3) is 1.75. The summed E-state index contributed by atoms with van der Waals surface area (Å²) in [6.07, 6.45) is 2.68. The molecular formula is C10H14N4. The Morgan fingerprint density at radius 2 is 2.14 bits per heavy atom. The largest absolute Gasteiger partial charge is 0.325 e. The fourth-order valence-electron chi connectivity index (χ4n) is 1.42. The van der Waals surface area contributed by atoms with Gasteiger partial charge in [0, 0.05) is 18.2 Å². The van der Waals surface area contributed by atoms with E-state index in [1.165, 1.54) is 0 Å². The summed E-state index contributed by atoms with van der Waals surface area (Å²) in [5, 5.41) is 8.17. The number of hydrogen-bond acceptors (Lipinski definition) is 3. The summed E-state index contributed by atoms with van der Waals surface area (Å²) in [6.45, 7) is 3.97. The van der Waals surface area contributed by atoms with Gasteiger partial charge in [-0.05, 0) is 26.0 Å². The number of nitrogens with two attached hydrogens (primary N) is 1. The zero-order valence-corrected chi connectivity index (χ0v) is 8.44. The van der Waals surface area contributed by atoms with Crippen LogP contribution in [0, 0.1) is 0 Å². The average Bonchev–Trinajstić information content (AvgIpc) is 2.47. The number of nitrogens with zero attached hydrogens (tertiary/aromatic N) is 3. The summed E-state index contributed by atoms with van der Waals surface area (Å²) in [4.78, 5) is 0. The molecule has 0 saturated carbocycles. The Morgan fingerprint density at radius 3 is 2.86 bits per heavy atom. The van der Waals surface area contributed by atoms with Crippen LogP contribution in [-0.4, -0.2) is 20.1 Å². The molecule has 0 aliphatic carbocycles. The molecule has 4 heteroatoms. The maximum Gasteiger partial charge on any atom is 0.160 e. The Bertz CT molecular complexity index is 439. The molecule has 2 aromatic heterocycles. The number of fused-ring (bicyclic) bond motifs is 1. The summed E-state index contributed by atoms with van der Waals surface area (Å²) in [5.74, 6) is 0.910. The quantitative estimate of drug-likeness (QED) is 0.768. The van der Waals surface area contributed by atoms with Gasteiger partial charge in [0.1, 0.15) is 5.82 Å². The molecule has 2 aromatic rings. The molecule has 14 heavy (non-hydrogen) atoms. The summed E-state index contributed by atoms with van der Waals surface area (Å²) < 4.78 is 1.97. The molecule has 74 valence electrons. The van der Waals surface area contributed by atoms with Crippen molar-refractivity contribution in [3.05, 3.63) is 30.2 Å². The molecule has 2 N–H and O–H groups in total. The average molecular weight is 190 g/mol. The van der Waals surface area contributed by atoms with E-state index in [-0.39, 0.29) is 5.54 Å². The van der Waals surface area contributed by atoms with Crippen molar-refractivity contribution in [1.29, 1.82) is 0 Å². The van der Waals surface area contributed by atoms with Gasteiger partial charge in [0.25, 0.3) is 0 Å². The Labute approximate surface area is 82.8 Å². The molecule has 0 radical (unpaired) electrons. The van der Waals surface area contributed by atoms with Gasteiger partial charge in [0.05, 0.1) is 0 Å². The molecule has 0 spiro atoms. The van der Waals surface area contributed by atoms with Crippen molar-refractivity contribution >= 4 is 5.65 Å². The first kappa shape index (κ1) is 9.15. The van der Waals surface area contributed by atoms with E-state index in [2.05, 4.69) is 10.2 Å². The van der Waals surface area contributed by atoms with Crippen molar-refractivity contribution in [2.24, 2.45) is 5.73 Å². The third-order valence-electron chi connectivity index (χ3n) is 2.00. The lowest BCUT2D eigenvalue weighted by Crippen LogP contribution is -2.35. The van der Waals surface area contributed by atoms with Crippen LogP contribution in [0.25, 0.3) is 5.65 Å². The second-order valence-electron chi connectivity index (χ2n) is 4.21. The first-order chi connectivity index (χ1) is 6.56. The van der Waals surface area contributed by atoms with Crippen LogP contribution < -0.4 is 5.73 Å². The van der Waals surface area contributed by atoms with Crippen molar-refractivity contribution in [1.82, 2.24) is 14.6 Å². The molecule has 0 atom stereocenters. The van der Waals surface area contributed by atoms with E-state index in [0.717, 1.165) is 17.9 Å². The Balaban J connectivity index is 2.44. The minimum absolute atomic E-state index is 0.251. The standard InChI is InChI=1S/C10H14N4/c1-10(2,11)7-9-13-12-8-5-3-4-6-14(8)9/h3-6H,7,11H2,1-2H3. The Morgan fingerprint density at radius 1 is 1.36 bits per heavy atom. The number of aromatic nitrogens is 3. The maximum absolute atomic E-state index is 5.94. The zero-order chi connectivity index (χ0) is 10.2. The molecule has 0 unspecified atom stereocenters. The van der Waals surface area contributed by atoms with E-state index in [1.54, 1.807) is 0 Å². The lowest BCUT2D eigenvalue weighted by Gasteiger charge is -2.16. The molecule has 0 amide bonds. The first-order valence-corrected chi connectivity index (χ1v) is 4.64. The predicted octanol–water partition coefficient (Wildman–Crippen LogP) is 1.01. The normalized spacial score (nSPS) is 12.2. The van der Waals surface area contributed by atoms with E-state index in [4.69, 9.17) is 5.73 Å². The van der Waals surface area contributed by atoms with E-state index >= 15 is 0 Å². The highest BCUT2D eigenvalue weighted by Gasteiger charge is 2.15. The highest BCUT2D eigenvalue weighted by atomic mass is 15.2. The molecule has 0 bridgehead atoms. The third-order valence-corrected chi connectivity index (χ3v) is 2.00. The monoisotopic (exact) mass is 190 g/mol. The Kier molecular flexibility index (Phi) is 2.00. The van der Waals surface area contributed by atoms with Crippen LogP contribution in [0.3, 0.4) is 0 Å². The molecule has 0 fully saturated rings. The van der Waals surface area contributed by atoms with E-state index in [1.807, 2.05) is 42.6 Å². The van der Waals surface area contributed by atoms with E-state index in [9.17, 15) is 0 Å². The van der Waals surface area contributed by atoms with Gasteiger partial charge in [-0.1, -0.05) is 6.07 Å². The van der Waals surface area contributed by atoms with Gasteiger partial charge >= 0.3 is 0 Å². The summed E-state index contributed by atoms with van der Waals surface area (Å²) in [5.41, 5.74) is 6.55. The van der Waals surface area contributed by atoms with Gasteiger partial charge in [-0.2, -0.15) is 0 Å². The molecule has 2 rings (SSSR count). The molecular weight excluding hydrogens is 176 g/mol. The second kappa shape index (κ2) is 3.06. The number of pyridine rings is 1. The van der Waals surface area contributed by atoms with Crippen LogP contribution in [0.15, 0.2) is 24.4 Å². The number of hydrogen-bond donors (Lipinski definition) is 1. The van der Waals surface area contributed by atoms with Crippen molar-refractivity contribution in [3.8, 4) is 0 Å². The fraction of sp³-hybridized carbons (Fsp3) is 0.400. The van der Waals surface area contributed by atoms with Crippen molar-refractivity contribution < 1.29 is 0 Å². The van der Waals surface area contributed by atoms with Gasteiger partial charge < -0.3 is 5.73 Å². The van der Waals surface area contributed by atoms with Crippen molar-refractivity contribution in [3.63, 3.8) is 0 Å². The van der Waals surface area contributed by atoms with Crippen LogP contribution in [0.4, 0.5) is 0 Å². The van der Waals surface area contributed by atoms with E-state index < -0.39 is 0 Å². The SMILES string of the molecule is CC(C)(N)Cc1nnc2ccccn12. The summed E-state index contributed by atoms with van der Waals surface area (Å²) in [6, 6.07) is 5.84. The smallest absolute Gasteiger partial charge is 0.160 e. The van der Waals surface area contributed by atoms with Gasteiger partial charge in [-0.15, -0.1) is 10.2 Å². The van der Waals surface area contributed by atoms with Gasteiger partial charge in [-0.25, -0.2) is 0 Å². The van der Waals surface area contributed by atoms with Crippen molar-refractivity contribution in [2.75, 3.05) is 0 Å². The predicted molar refractivity (Wildman–Crippen MR) is 55.0 cm³/mol. The first-order valence-electron chi connectivity index (χ1n) is 4.64. The van der Waals surface area contributed by atoms with Gasteiger partial charge in [0.2, 0.25) is 0 Å². The highest BCUT2D eigenvalue weighted by molar-refractivity contribution is 5.37. The minimum Gasteiger partial charge on any atom is -0.325 e. The number of rotatable bonds is 2. The van der Waals surface area contributed by atoms with Crippen molar-refractivity contribution in [2.45, 2.75) is 25.8 Å². The summed E-state index contributed by atoms with van der Waals surface area (Å²) >= 11 is 0. The van der Waals surface area contributed by atoms with Crippen LogP contribution >= 0.6 is 0 Å². The van der Waals surface area contributed by atoms with Crippen LogP contribution in [0.1, 0.15) is 19.7 Å². The molecule has 0 aromatic carbocycles. The fourth-order valence-corrected chi connectivity index (χ4v) is 1.42. The zero-order valence-electron chi connectivity index (χ0n) is 8.44. The Hall–Kier alpha value is -1.42. The summed E-state index contributed by atoms with van der Waals surface area (Å²) in [7, 11) is 0. The lowest BCUT2D eigenvalue weighted by molar-refractivity contribution is 0.500. The minimum atomic E-state index is -0.251. The molecule has 0 aliphatic heterocycles. The maximum atomic E-state index is 5.94. The van der Waals surface area contributed by atoms with Crippen LogP contribution in [0.5, 0.6) is 0 Å². The topological polar surface area (TPSA) is 56.2 Å². The molecule has 0 aliphatic rings. The van der Waals surface area contributed by atoms with Crippen LogP contribution in [0.2, 0.25) is 0 Å².